The molecule has 58 valence electrons. The van der Waals surface area contributed by atoms with Crippen molar-refractivity contribution < 1.29 is 9.59 Å². The van der Waals surface area contributed by atoms with Crippen LogP contribution in [0.2, 0.25) is 0 Å². The molecule has 0 aromatic heterocycles. The Morgan fingerprint density at radius 1 is 1.73 bits per heavy atom. The van der Waals surface area contributed by atoms with Crippen LogP contribution < -0.4 is 5.32 Å². The van der Waals surface area contributed by atoms with Crippen LogP contribution in [0.4, 0.5) is 0 Å². The van der Waals surface area contributed by atoms with Crippen molar-refractivity contribution in [1.82, 2.24) is 10.2 Å². The summed E-state index contributed by atoms with van der Waals surface area (Å²) in [7, 11) is 0. The van der Waals surface area contributed by atoms with E-state index in [1.165, 1.54) is 0 Å². The molecule has 1 fully saturated rings. The Hall–Kier alpha value is -1.57. The number of carbonyl (C=O) groups is 2. The minimum absolute atomic E-state index is 0.0244. The second kappa shape index (κ2) is 2.58. The third-order valence-electron chi connectivity index (χ3n) is 1.55. The SMILES string of the molecule is CC1C(=O)NC(=O)CN1C#N. The first-order valence-electron chi connectivity index (χ1n) is 3.15. The zero-order chi connectivity index (χ0) is 8.43. The molecule has 1 N–H and O–H groups in total. The standard InChI is InChI=1S/C6H7N3O2/c1-4-6(11)8-5(10)2-9(4)3-7/h4H,2H2,1H3,(H,8,10,11). The topological polar surface area (TPSA) is 73.2 Å². The molecule has 1 atom stereocenters. The van der Waals surface area contributed by atoms with Crippen molar-refractivity contribution in [2.75, 3.05) is 6.54 Å². The van der Waals surface area contributed by atoms with Crippen LogP contribution in [-0.2, 0) is 9.59 Å². The summed E-state index contributed by atoms with van der Waals surface area (Å²) in [6.45, 7) is 1.55. The maximum absolute atomic E-state index is 10.8. The molecule has 0 bridgehead atoms. The Morgan fingerprint density at radius 3 is 2.91 bits per heavy atom. The minimum atomic E-state index is -0.530. The monoisotopic (exact) mass is 153 g/mol. The Bertz CT molecular complexity index is 243. The van der Waals surface area contributed by atoms with Gasteiger partial charge in [-0.25, -0.2) is 0 Å². The Labute approximate surface area is 63.6 Å². The van der Waals surface area contributed by atoms with Crippen molar-refractivity contribution in [3.05, 3.63) is 0 Å². The van der Waals surface area contributed by atoms with Crippen LogP contribution in [0.15, 0.2) is 0 Å². The molecule has 0 aromatic rings. The molecule has 1 heterocycles. The highest BCUT2D eigenvalue weighted by Crippen LogP contribution is 2.01. The van der Waals surface area contributed by atoms with Crippen molar-refractivity contribution in [2.45, 2.75) is 13.0 Å². The zero-order valence-electron chi connectivity index (χ0n) is 6.00. The van der Waals surface area contributed by atoms with Crippen molar-refractivity contribution in [1.29, 1.82) is 5.26 Å². The van der Waals surface area contributed by atoms with Gasteiger partial charge in [0, 0.05) is 0 Å². The molecule has 5 heteroatoms. The van der Waals surface area contributed by atoms with Gasteiger partial charge >= 0.3 is 0 Å². The van der Waals surface area contributed by atoms with Crippen molar-refractivity contribution in [3.8, 4) is 6.19 Å². The molecule has 0 spiro atoms. The summed E-state index contributed by atoms with van der Waals surface area (Å²) in [6.07, 6.45) is 1.77. The fraction of sp³-hybridized carbons (Fsp3) is 0.500. The van der Waals surface area contributed by atoms with Crippen LogP contribution in [0.5, 0.6) is 0 Å². The number of piperazine rings is 1. The summed E-state index contributed by atoms with van der Waals surface area (Å²) < 4.78 is 0. The average Bonchev–Trinajstić information content (AvgIpc) is 1.96. The molecule has 0 saturated carbocycles. The van der Waals surface area contributed by atoms with Gasteiger partial charge in [-0.1, -0.05) is 0 Å². The first-order valence-corrected chi connectivity index (χ1v) is 3.15. The number of amides is 2. The van der Waals surface area contributed by atoms with E-state index in [1.807, 2.05) is 0 Å². The van der Waals surface area contributed by atoms with Crippen LogP contribution in [0.1, 0.15) is 6.92 Å². The highest BCUT2D eigenvalue weighted by atomic mass is 16.2. The number of nitrogens with zero attached hydrogens (tertiary/aromatic N) is 2. The molecule has 0 aromatic carbocycles. The molecule has 0 radical (unpaired) electrons. The van der Waals surface area contributed by atoms with Crippen LogP contribution in [0.3, 0.4) is 0 Å². The number of hydrogen-bond donors (Lipinski definition) is 1. The molecular weight excluding hydrogens is 146 g/mol. The van der Waals surface area contributed by atoms with Crippen LogP contribution in [0, 0.1) is 11.5 Å². The molecule has 0 aliphatic carbocycles. The predicted octanol–water partition coefficient (Wildman–Crippen LogP) is -1.19. The van der Waals surface area contributed by atoms with Gasteiger partial charge in [0.05, 0.1) is 0 Å². The van der Waals surface area contributed by atoms with E-state index >= 15 is 0 Å². The van der Waals surface area contributed by atoms with Gasteiger partial charge < -0.3 is 0 Å². The average molecular weight is 153 g/mol. The maximum Gasteiger partial charge on any atom is 0.249 e. The lowest BCUT2D eigenvalue weighted by atomic mass is 10.2. The fourth-order valence-electron chi connectivity index (χ4n) is 0.837. The molecule has 1 saturated heterocycles. The number of nitrogens with one attached hydrogen (secondary N) is 1. The van der Waals surface area contributed by atoms with Crippen molar-refractivity contribution in [3.63, 3.8) is 0 Å². The number of rotatable bonds is 0. The van der Waals surface area contributed by atoms with Crippen LogP contribution in [0.25, 0.3) is 0 Å². The second-order valence-electron chi connectivity index (χ2n) is 2.32. The van der Waals surface area contributed by atoms with E-state index < -0.39 is 17.9 Å². The summed E-state index contributed by atoms with van der Waals surface area (Å²) >= 11 is 0. The van der Waals surface area contributed by atoms with Gasteiger partial charge in [-0.3, -0.25) is 19.8 Å². The Morgan fingerprint density at radius 2 is 2.36 bits per heavy atom. The van der Waals surface area contributed by atoms with E-state index in [4.69, 9.17) is 5.26 Å². The van der Waals surface area contributed by atoms with Gasteiger partial charge in [0.25, 0.3) is 0 Å². The van der Waals surface area contributed by atoms with E-state index in [-0.39, 0.29) is 6.54 Å². The van der Waals surface area contributed by atoms with Crippen LogP contribution >= 0.6 is 0 Å². The van der Waals surface area contributed by atoms with Gasteiger partial charge in [-0.2, -0.15) is 5.26 Å². The maximum atomic E-state index is 10.8. The van der Waals surface area contributed by atoms with E-state index in [0.717, 1.165) is 4.90 Å². The van der Waals surface area contributed by atoms with Gasteiger partial charge in [0.1, 0.15) is 12.6 Å². The Balaban J connectivity index is 2.76. The quantitative estimate of drug-likeness (QED) is 0.351. The van der Waals surface area contributed by atoms with Crippen molar-refractivity contribution >= 4 is 11.8 Å². The fourth-order valence-corrected chi connectivity index (χ4v) is 0.837. The summed E-state index contributed by atoms with van der Waals surface area (Å²) in [5, 5.41) is 10.6. The smallest absolute Gasteiger partial charge is 0.249 e. The van der Waals surface area contributed by atoms with E-state index in [9.17, 15) is 9.59 Å². The first-order chi connectivity index (χ1) is 5.15. The molecule has 1 unspecified atom stereocenters. The molecule has 1 rings (SSSR count). The molecule has 1 aliphatic heterocycles. The van der Waals surface area contributed by atoms with Crippen LogP contribution in [-0.4, -0.2) is 29.3 Å². The predicted molar refractivity (Wildman–Crippen MR) is 34.9 cm³/mol. The first kappa shape index (κ1) is 7.54. The Kier molecular flexibility index (Phi) is 1.77. The number of nitriles is 1. The molecule has 2 amide bonds. The lowest BCUT2D eigenvalue weighted by Crippen LogP contribution is -2.54. The van der Waals surface area contributed by atoms with Gasteiger partial charge in [0.15, 0.2) is 6.19 Å². The number of carbonyl (C=O) groups excluding carboxylic acids is 2. The summed E-state index contributed by atoms with van der Waals surface area (Å²) in [5.41, 5.74) is 0. The summed E-state index contributed by atoms with van der Waals surface area (Å²) in [4.78, 5) is 22.7. The molecule has 11 heavy (non-hydrogen) atoms. The summed E-state index contributed by atoms with van der Waals surface area (Å²) in [6, 6.07) is -0.530. The van der Waals surface area contributed by atoms with Gasteiger partial charge in [-0.15, -0.1) is 0 Å². The number of hydrogen-bond acceptors (Lipinski definition) is 4. The number of imide groups is 1. The van der Waals surface area contributed by atoms with E-state index in [1.54, 1.807) is 13.1 Å². The minimum Gasteiger partial charge on any atom is -0.293 e. The molecule has 5 nitrogen and oxygen atoms in total. The second-order valence-corrected chi connectivity index (χ2v) is 2.32. The lowest BCUT2D eigenvalue weighted by molar-refractivity contribution is -0.137. The lowest BCUT2D eigenvalue weighted by Gasteiger charge is -2.26. The molecule has 1 aliphatic rings. The van der Waals surface area contributed by atoms with E-state index in [2.05, 4.69) is 5.32 Å². The summed E-state index contributed by atoms with van der Waals surface area (Å²) in [5.74, 6) is -0.836. The third-order valence-corrected chi connectivity index (χ3v) is 1.55. The molecular formula is C6H7N3O2. The highest BCUT2D eigenvalue weighted by molar-refractivity contribution is 6.01. The highest BCUT2D eigenvalue weighted by Gasteiger charge is 2.28. The van der Waals surface area contributed by atoms with E-state index in [0.29, 0.717) is 0 Å². The van der Waals surface area contributed by atoms with Crippen molar-refractivity contribution in [2.24, 2.45) is 0 Å². The zero-order valence-corrected chi connectivity index (χ0v) is 6.00. The largest absolute Gasteiger partial charge is 0.293 e. The third kappa shape index (κ3) is 1.29. The van der Waals surface area contributed by atoms with Gasteiger partial charge in [0.2, 0.25) is 11.8 Å². The van der Waals surface area contributed by atoms with Gasteiger partial charge in [-0.05, 0) is 6.92 Å². The normalized spacial score (nSPS) is 24.4.